The Kier molecular flexibility index (Phi) is 3.70. The van der Waals surface area contributed by atoms with Gasteiger partial charge in [0.15, 0.2) is 0 Å². The van der Waals surface area contributed by atoms with Crippen molar-refractivity contribution in [2.45, 2.75) is 20.6 Å². The first-order chi connectivity index (χ1) is 8.90. The van der Waals surface area contributed by atoms with E-state index in [0.29, 0.717) is 0 Å². The molecule has 1 atom stereocenters. The molecular weight excluding hydrogens is 295 g/mol. The Labute approximate surface area is 117 Å². The van der Waals surface area contributed by atoms with E-state index in [1.807, 2.05) is 0 Å². The number of rotatable bonds is 3. The first-order valence-electron chi connectivity index (χ1n) is 6.72. The molecule has 1 aromatic carbocycles. The molecule has 0 nitrogen and oxygen atoms in total. The van der Waals surface area contributed by atoms with Gasteiger partial charge < -0.3 is 0 Å². The molecule has 1 aromatic rings. The predicted octanol–water partition coefficient (Wildman–Crippen LogP) is 4.50. The molecule has 0 heterocycles. The molecule has 0 aliphatic heterocycles. The van der Waals surface area contributed by atoms with Crippen LogP contribution in [0.4, 0.5) is 0 Å². The minimum atomic E-state index is -1.61. The van der Waals surface area contributed by atoms with Gasteiger partial charge in [0, 0.05) is 0 Å². The van der Waals surface area contributed by atoms with Crippen molar-refractivity contribution in [3.63, 3.8) is 0 Å². The predicted molar refractivity (Wildman–Crippen MR) is 76.6 cm³/mol. The van der Waals surface area contributed by atoms with E-state index in [9.17, 15) is 0 Å². The maximum atomic E-state index is 2.67. The van der Waals surface area contributed by atoms with E-state index in [-0.39, 0.29) is 0 Å². The van der Waals surface area contributed by atoms with Crippen molar-refractivity contribution in [1.82, 2.24) is 0 Å². The Morgan fingerprint density at radius 3 is 2.67 bits per heavy atom. The molecule has 0 saturated carbocycles. The molecule has 18 heavy (non-hydrogen) atoms. The molecule has 0 radical (unpaired) electrons. The molecule has 1 heteroatoms. The van der Waals surface area contributed by atoms with Crippen molar-refractivity contribution in [2.75, 3.05) is 0 Å². The van der Waals surface area contributed by atoms with Crippen LogP contribution in [0.1, 0.15) is 28.1 Å². The van der Waals surface area contributed by atoms with Crippen LogP contribution in [0, 0.1) is 0 Å². The zero-order chi connectivity index (χ0) is 12.4. The number of hydrogen-bond donors (Lipinski definition) is 0. The summed E-state index contributed by atoms with van der Waals surface area (Å²) >= 11 is -1.61. The van der Waals surface area contributed by atoms with Gasteiger partial charge in [0.2, 0.25) is 0 Å². The molecular formula is C17H18Zr. The van der Waals surface area contributed by atoms with Crippen molar-refractivity contribution in [1.29, 1.82) is 0 Å². The van der Waals surface area contributed by atoms with E-state index >= 15 is 0 Å². The molecule has 90 valence electrons. The van der Waals surface area contributed by atoms with E-state index in [4.69, 9.17) is 0 Å². The van der Waals surface area contributed by atoms with E-state index in [0.717, 1.165) is 7.25 Å². The van der Waals surface area contributed by atoms with E-state index in [1.165, 1.54) is 12.0 Å². The van der Waals surface area contributed by atoms with E-state index in [1.54, 1.807) is 5.56 Å². The average molecular weight is 314 g/mol. The summed E-state index contributed by atoms with van der Waals surface area (Å²) in [5.41, 5.74) is 3.02. The Morgan fingerprint density at radius 1 is 1.11 bits per heavy atom. The van der Waals surface area contributed by atoms with Crippen molar-refractivity contribution in [2.24, 2.45) is 0 Å². The molecule has 0 spiro atoms. The second-order valence-corrected chi connectivity index (χ2v) is 11.5. The standard InChI is InChI=1S/C9H7.C5H5.C3H6.Zr/c1-2-5-9-7-3-6-8(9)4-1;1-2-4-5-3-1;1-3-2;/h1-7H;1-5H;1H,3H2,2H3;. The van der Waals surface area contributed by atoms with Gasteiger partial charge in [0.25, 0.3) is 0 Å². The third kappa shape index (κ3) is 2.21. The molecule has 0 amide bonds. The van der Waals surface area contributed by atoms with Crippen LogP contribution in [-0.2, 0) is 21.3 Å². The van der Waals surface area contributed by atoms with E-state index in [2.05, 4.69) is 71.4 Å². The molecule has 2 aliphatic rings. The van der Waals surface area contributed by atoms with E-state index < -0.39 is 21.3 Å². The van der Waals surface area contributed by atoms with Gasteiger partial charge in [-0.2, -0.15) is 0 Å². The van der Waals surface area contributed by atoms with Gasteiger partial charge in [-0.25, -0.2) is 0 Å². The summed E-state index contributed by atoms with van der Waals surface area (Å²) in [6, 6.07) is 8.91. The molecule has 0 saturated heterocycles. The topological polar surface area (TPSA) is 0 Å². The van der Waals surface area contributed by atoms with Crippen molar-refractivity contribution in [3.05, 3.63) is 65.8 Å². The fourth-order valence-electron chi connectivity index (χ4n) is 2.90. The monoisotopic (exact) mass is 312 g/mol. The Morgan fingerprint density at radius 2 is 1.89 bits per heavy atom. The van der Waals surface area contributed by atoms with Gasteiger partial charge in [-0.3, -0.25) is 0 Å². The number of allylic oxidation sites excluding steroid dienone is 5. The quantitative estimate of drug-likeness (QED) is 0.771. The summed E-state index contributed by atoms with van der Waals surface area (Å²) in [5, 5.41) is 0. The summed E-state index contributed by atoms with van der Waals surface area (Å²) in [4.78, 5) is 0. The van der Waals surface area contributed by atoms with Crippen LogP contribution in [0.25, 0.3) is 6.08 Å². The van der Waals surface area contributed by atoms with Crippen molar-refractivity contribution >= 4 is 9.78 Å². The van der Waals surface area contributed by atoms with Crippen LogP contribution in [0.5, 0.6) is 0 Å². The molecule has 1 unspecified atom stereocenters. The molecule has 0 bridgehead atoms. The average Bonchev–Trinajstić information content (AvgIpc) is 3.06. The Balaban J connectivity index is 1.98. The summed E-state index contributed by atoms with van der Waals surface area (Å²) < 4.78 is 4.17. The van der Waals surface area contributed by atoms with Crippen LogP contribution in [0.3, 0.4) is 0 Å². The Bertz CT molecular complexity index is 549. The maximum absolute atomic E-state index is 2.67. The van der Waals surface area contributed by atoms with Crippen LogP contribution < -0.4 is 0 Å². The first kappa shape index (κ1) is 12.2. The third-order valence-corrected chi connectivity index (χ3v) is 11.7. The van der Waals surface area contributed by atoms with Gasteiger partial charge in [-0.1, -0.05) is 0 Å². The van der Waals surface area contributed by atoms with Crippen LogP contribution in [0.15, 0.2) is 54.6 Å². The zero-order valence-electron chi connectivity index (χ0n) is 10.7. The van der Waals surface area contributed by atoms with Gasteiger partial charge in [-0.05, 0) is 0 Å². The fraction of sp³-hybridized carbons (Fsp3) is 0.235. The summed E-state index contributed by atoms with van der Waals surface area (Å²) in [5.74, 6) is 0. The molecule has 0 fully saturated rings. The molecule has 0 N–H and O–H groups in total. The fourth-order valence-corrected chi connectivity index (χ4v) is 10.3. The summed E-state index contributed by atoms with van der Waals surface area (Å²) in [6.45, 7) is 2.29. The second kappa shape index (κ2) is 5.45. The molecule has 0 aromatic heterocycles. The number of hydrogen-bond acceptors (Lipinski definition) is 0. The molecule has 2 aliphatic carbocycles. The van der Waals surface area contributed by atoms with Gasteiger partial charge in [0.1, 0.15) is 0 Å². The molecule has 3 rings (SSSR count). The SMILES string of the molecule is CC[CH]=[Zr]([CH]1C=CC=C1)[CH]1C=Cc2ccccc21. The van der Waals surface area contributed by atoms with Gasteiger partial charge in [-0.15, -0.1) is 0 Å². The van der Waals surface area contributed by atoms with Gasteiger partial charge >= 0.3 is 117 Å². The number of benzene rings is 1. The van der Waals surface area contributed by atoms with Crippen molar-refractivity contribution in [3.8, 4) is 0 Å². The normalized spacial score (nSPS) is 21.8. The summed E-state index contributed by atoms with van der Waals surface area (Å²) in [6.07, 6.45) is 15.3. The Hall–Kier alpha value is -0.807. The third-order valence-electron chi connectivity index (χ3n) is 3.73. The van der Waals surface area contributed by atoms with Crippen LogP contribution in [-0.4, -0.2) is 3.71 Å². The van der Waals surface area contributed by atoms with Gasteiger partial charge in [0.05, 0.1) is 0 Å². The first-order valence-corrected chi connectivity index (χ1v) is 11.0. The van der Waals surface area contributed by atoms with Crippen molar-refractivity contribution < 1.29 is 21.3 Å². The second-order valence-electron chi connectivity index (χ2n) is 4.87. The van der Waals surface area contributed by atoms with Crippen LogP contribution >= 0.6 is 0 Å². The minimum absolute atomic E-state index is 0.737. The van der Waals surface area contributed by atoms with Crippen LogP contribution in [0.2, 0.25) is 3.63 Å². The number of fused-ring (bicyclic) bond motifs is 1. The summed E-state index contributed by atoms with van der Waals surface area (Å²) in [7, 11) is 0. The zero-order valence-corrected chi connectivity index (χ0v) is 13.2.